The van der Waals surface area contributed by atoms with Crippen LogP contribution in [0.5, 0.6) is 0 Å². The first kappa shape index (κ1) is 15.2. The Labute approximate surface area is 124 Å². The largest absolute Gasteiger partial charge is 0.370 e. The quantitative estimate of drug-likeness (QED) is 0.804. The van der Waals surface area contributed by atoms with Crippen LogP contribution in [0, 0.1) is 5.82 Å². The fourth-order valence-corrected chi connectivity index (χ4v) is 1.97. The van der Waals surface area contributed by atoms with Crippen LogP contribution < -0.4 is 10.6 Å². The first-order valence-electron chi connectivity index (χ1n) is 7.35. The van der Waals surface area contributed by atoms with Crippen molar-refractivity contribution in [2.24, 2.45) is 0 Å². The summed E-state index contributed by atoms with van der Waals surface area (Å²) >= 11 is 0. The zero-order chi connectivity index (χ0) is 15.1. The van der Waals surface area contributed by atoms with Crippen molar-refractivity contribution in [1.82, 2.24) is 9.97 Å². The molecule has 0 bridgehead atoms. The maximum atomic E-state index is 12.9. The predicted octanol–water partition coefficient (Wildman–Crippen LogP) is 4.13. The van der Waals surface area contributed by atoms with Crippen LogP contribution >= 0.6 is 0 Å². The summed E-state index contributed by atoms with van der Waals surface area (Å²) in [7, 11) is 0. The number of rotatable bonds is 7. The molecule has 5 heteroatoms. The van der Waals surface area contributed by atoms with Crippen LogP contribution in [-0.2, 0) is 6.42 Å². The molecule has 2 rings (SSSR count). The van der Waals surface area contributed by atoms with Gasteiger partial charge in [-0.05, 0) is 44.0 Å². The van der Waals surface area contributed by atoms with Gasteiger partial charge >= 0.3 is 0 Å². The van der Waals surface area contributed by atoms with E-state index in [1.165, 1.54) is 12.1 Å². The zero-order valence-corrected chi connectivity index (χ0v) is 12.5. The third kappa shape index (κ3) is 4.70. The number of halogens is 1. The van der Waals surface area contributed by atoms with Crippen molar-refractivity contribution in [2.75, 3.05) is 17.2 Å². The summed E-state index contributed by atoms with van der Waals surface area (Å²) in [6, 6.07) is 8.15. The summed E-state index contributed by atoms with van der Waals surface area (Å²) in [5.74, 6) is 1.08. The van der Waals surface area contributed by atoms with Crippen LogP contribution in [0.3, 0.4) is 0 Å². The molecule has 0 unspecified atom stereocenters. The van der Waals surface area contributed by atoms with Gasteiger partial charge in [0, 0.05) is 24.0 Å². The van der Waals surface area contributed by atoms with Gasteiger partial charge < -0.3 is 10.6 Å². The lowest BCUT2D eigenvalue weighted by Crippen LogP contribution is -2.06. The molecule has 112 valence electrons. The van der Waals surface area contributed by atoms with Gasteiger partial charge in [0.05, 0.1) is 0 Å². The van der Waals surface area contributed by atoms with Crippen LogP contribution in [-0.4, -0.2) is 16.5 Å². The van der Waals surface area contributed by atoms with E-state index in [-0.39, 0.29) is 5.82 Å². The van der Waals surface area contributed by atoms with Gasteiger partial charge in [0.25, 0.3) is 0 Å². The Balaban J connectivity index is 2.19. The van der Waals surface area contributed by atoms with Crippen molar-refractivity contribution < 1.29 is 4.39 Å². The summed E-state index contributed by atoms with van der Waals surface area (Å²) in [5, 5.41) is 6.33. The van der Waals surface area contributed by atoms with Gasteiger partial charge in [-0.15, -0.1) is 0 Å². The molecule has 4 nitrogen and oxygen atoms in total. The van der Waals surface area contributed by atoms with Gasteiger partial charge in [-0.1, -0.05) is 13.3 Å². The van der Waals surface area contributed by atoms with Gasteiger partial charge in [-0.25, -0.2) is 9.37 Å². The number of hydrogen-bond acceptors (Lipinski definition) is 4. The minimum Gasteiger partial charge on any atom is -0.370 e. The molecule has 0 fully saturated rings. The normalized spacial score (nSPS) is 10.4. The summed E-state index contributed by atoms with van der Waals surface area (Å²) in [5.41, 5.74) is 1.78. The number of anilines is 3. The molecule has 0 saturated heterocycles. The lowest BCUT2D eigenvalue weighted by molar-refractivity contribution is 0.628. The minimum absolute atomic E-state index is 0.258. The second-order valence-electron chi connectivity index (χ2n) is 4.83. The molecule has 21 heavy (non-hydrogen) atoms. The molecule has 2 N–H and O–H groups in total. The first-order valence-corrected chi connectivity index (χ1v) is 7.35. The number of nitrogens with one attached hydrogen (secondary N) is 2. The zero-order valence-electron chi connectivity index (χ0n) is 12.5. The standard InChI is InChI=1S/C16H21FN4/c1-3-5-6-14-11-15(18-4-2)21-16(20-14)19-13-9-7-12(17)8-10-13/h7-11H,3-6H2,1-2H3,(H2,18,19,20,21). The van der Waals surface area contributed by atoms with Crippen LogP contribution in [0.2, 0.25) is 0 Å². The lowest BCUT2D eigenvalue weighted by Gasteiger charge is -2.10. The Morgan fingerprint density at radius 2 is 1.86 bits per heavy atom. The molecule has 1 aromatic carbocycles. The van der Waals surface area contributed by atoms with E-state index in [4.69, 9.17) is 0 Å². The Hall–Kier alpha value is -2.17. The Morgan fingerprint density at radius 1 is 1.10 bits per heavy atom. The second-order valence-corrected chi connectivity index (χ2v) is 4.83. The summed E-state index contributed by atoms with van der Waals surface area (Å²) in [4.78, 5) is 8.94. The number of unbranched alkanes of at least 4 members (excludes halogenated alkanes) is 1. The molecule has 2 aromatic rings. The van der Waals surface area contributed by atoms with E-state index in [1.54, 1.807) is 12.1 Å². The first-order chi connectivity index (χ1) is 10.2. The molecule has 0 spiro atoms. The van der Waals surface area contributed by atoms with Crippen molar-refractivity contribution in [1.29, 1.82) is 0 Å². The van der Waals surface area contributed by atoms with E-state index in [0.717, 1.165) is 43.0 Å². The van der Waals surface area contributed by atoms with Crippen molar-refractivity contribution in [3.05, 3.63) is 41.8 Å². The molecule has 1 aromatic heterocycles. The van der Waals surface area contributed by atoms with E-state index in [1.807, 2.05) is 13.0 Å². The molecule has 0 radical (unpaired) electrons. The fourth-order valence-electron chi connectivity index (χ4n) is 1.97. The van der Waals surface area contributed by atoms with E-state index in [9.17, 15) is 4.39 Å². The molecule has 0 aliphatic carbocycles. The summed E-state index contributed by atoms with van der Waals surface area (Å²) in [6.45, 7) is 4.99. The number of nitrogens with zero attached hydrogens (tertiary/aromatic N) is 2. The smallest absolute Gasteiger partial charge is 0.229 e. The molecular weight excluding hydrogens is 267 g/mol. The average molecular weight is 288 g/mol. The topological polar surface area (TPSA) is 49.8 Å². The number of hydrogen-bond donors (Lipinski definition) is 2. The van der Waals surface area contributed by atoms with Gasteiger partial charge in [-0.3, -0.25) is 0 Å². The highest BCUT2D eigenvalue weighted by Crippen LogP contribution is 2.17. The van der Waals surface area contributed by atoms with Crippen molar-refractivity contribution in [2.45, 2.75) is 33.1 Å². The van der Waals surface area contributed by atoms with E-state index >= 15 is 0 Å². The van der Waals surface area contributed by atoms with Crippen LogP contribution in [0.4, 0.5) is 21.8 Å². The van der Waals surface area contributed by atoms with Gasteiger partial charge in [-0.2, -0.15) is 4.98 Å². The van der Waals surface area contributed by atoms with Crippen LogP contribution in [0.1, 0.15) is 32.4 Å². The van der Waals surface area contributed by atoms with Gasteiger partial charge in [0.2, 0.25) is 5.95 Å². The molecule has 1 heterocycles. The van der Waals surface area contributed by atoms with Crippen molar-refractivity contribution >= 4 is 17.5 Å². The van der Waals surface area contributed by atoms with Crippen LogP contribution in [0.25, 0.3) is 0 Å². The molecule has 0 aliphatic heterocycles. The lowest BCUT2D eigenvalue weighted by atomic mass is 10.2. The van der Waals surface area contributed by atoms with E-state index in [2.05, 4.69) is 27.5 Å². The number of aromatic nitrogens is 2. The highest BCUT2D eigenvalue weighted by molar-refractivity contribution is 5.55. The third-order valence-corrected chi connectivity index (χ3v) is 3.02. The minimum atomic E-state index is -0.258. The Bertz CT molecular complexity index is 569. The maximum absolute atomic E-state index is 12.9. The maximum Gasteiger partial charge on any atom is 0.229 e. The highest BCUT2D eigenvalue weighted by atomic mass is 19.1. The van der Waals surface area contributed by atoms with Crippen LogP contribution in [0.15, 0.2) is 30.3 Å². The summed E-state index contributed by atoms with van der Waals surface area (Å²) < 4.78 is 12.9. The monoisotopic (exact) mass is 288 g/mol. The van der Waals surface area contributed by atoms with E-state index in [0.29, 0.717) is 5.95 Å². The molecule has 0 atom stereocenters. The predicted molar refractivity (Wildman–Crippen MR) is 84.5 cm³/mol. The number of aryl methyl sites for hydroxylation is 1. The highest BCUT2D eigenvalue weighted by Gasteiger charge is 2.05. The Morgan fingerprint density at radius 3 is 2.52 bits per heavy atom. The van der Waals surface area contributed by atoms with Crippen molar-refractivity contribution in [3.8, 4) is 0 Å². The van der Waals surface area contributed by atoms with Gasteiger partial charge in [0.15, 0.2) is 0 Å². The Kier molecular flexibility index (Phi) is 5.49. The van der Waals surface area contributed by atoms with Gasteiger partial charge in [0.1, 0.15) is 11.6 Å². The average Bonchev–Trinajstić information content (AvgIpc) is 2.48. The van der Waals surface area contributed by atoms with Crippen molar-refractivity contribution in [3.63, 3.8) is 0 Å². The molecule has 0 saturated carbocycles. The number of benzene rings is 1. The van der Waals surface area contributed by atoms with E-state index < -0.39 is 0 Å². The molecule has 0 amide bonds. The molecule has 0 aliphatic rings. The summed E-state index contributed by atoms with van der Waals surface area (Å²) in [6.07, 6.45) is 3.15. The second kappa shape index (κ2) is 7.57. The SMILES string of the molecule is CCCCc1cc(NCC)nc(Nc2ccc(F)cc2)n1. The molecular formula is C16H21FN4. The third-order valence-electron chi connectivity index (χ3n) is 3.02. The fraction of sp³-hybridized carbons (Fsp3) is 0.375.